The van der Waals surface area contributed by atoms with Crippen molar-refractivity contribution in [1.29, 1.82) is 0 Å². The highest BCUT2D eigenvalue weighted by Crippen LogP contribution is 2.73. The summed E-state index contributed by atoms with van der Waals surface area (Å²) in [6, 6.07) is 0. The first-order valence-corrected chi connectivity index (χ1v) is 10.4. The summed E-state index contributed by atoms with van der Waals surface area (Å²) in [4.78, 5) is 13.3. The summed E-state index contributed by atoms with van der Waals surface area (Å²) in [5, 5.41) is 0. The van der Waals surface area contributed by atoms with E-state index in [9.17, 15) is 4.79 Å². The van der Waals surface area contributed by atoms with E-state index >= 15 is 0 Å². The van der Waals surface area contributed by atoms with E-state index in [1.54, 1.807) is 0 Å². The lowest BCUT2D eigenvalue weighted by Gasteiger charge is -2.34. The minimum atomic E-state index is -0.511. The van der Waals surface area contributed by atoms with Gasteiger partial charge >= 0.3 is 5.97 Å². The molecular formula is C23H44O3. The Balaban J connectivity index is 2.77. The summed E-state index contributed by atoms with van der Waals surface area (Å²) < 4.78 is 12.2. The van der Waals surface area contributed by atoms with E-state index in [1.165, 1.54) is 0 Å². The van der Waals surface area contributed by atoms with Crippen LogP contribution in [0.1, 0.15) is 102 Å². The molecule has 154 valence electrons. The average molecular weight is 369 g/mol. The van der Waals surface area contributed by atoms with E-state index in [0.717, 1.165) is 25.7 Å². The van der Waals surface area contributed by atoms with Crippen molar-refractivity contribution >= 4 is 5.97 Å². The fourth-order valence-corrected chi connectivity index (χ4v) is 4.25. The second-order valence-electron chi connectivity index (χ2n) is 11.1. The molecule has 0 heterocycles. The van der Waals surface area contributed by atoms with E-state index in [2.05, 4.69) is 62.3 Å². The Morgan fingerprint density at radius 1 is 1.00 bits per heavy atom. The van der Waals surface area contributed by atoms with Crippen LogP contribution in [0.25, 0.3) is 0 Å². The molecule has 0 amide bonds. The van der Waals surface area contributed by atoms with Crippen molar-refractivity contribution in [3.8, 4) is 0 Å². The Hall–Kier alpha value is -0.570. The summed E-state index contributed by atoms with van der Waals surface area (Å²) in [5.74, 6) is 0.320. The Bertz CT molecular complexity index is 494. The quantitative estimate of drug-likeness (QED) is 0.442. The van der Waals surface area contributed by atoms with Crippen molar-refractivity contribution in [3.63, 3.8) is 0 Å². The molecule has 1 fully saturated rings. The fourth-order valence-electron chi connectivity index (χ4n) is 4.25. The Morgan fingerprint density at radius 3 is 1.81 bits per heavy atom. The molecule has 1 unspecified atom stereocenters. The van der Waals surface area contributed by atoms with Crippen molar-refractivity contribution in [2.75, 3.05) is 6.61 Å². The molecule has 0 aromatic rings. The van der Waals surface area contributed by atoms with Crippen LogP contribution in [0.15, 0.2) is 0 Å². The van der Waals surface area contributed by atoms with Gasteiger partial charge in [0.05, 0.1) is 17.6 Å². The standard InChI is InChI=1S/C23H44O3/c1-12-22(11,13-2)25-15-14-20(7,8)26-18(24)23(16-19(4,5)6)17(3)21(23,9)10/h17H,12-16H2,1-11H3/t17-,23?/m1/s1. The molecule has 0 saturated heterocycles. The number of esters is 1. The van der Waals surface area contributed by atoms with Crippen molar-refractivity contribution < 1.29 is 14.3 Å². The van der Waals surface area contributed by atoms with Gasteiger partial charge in [-0.3, -0.25) is 4.79 Å². The van der Waals surface area contributed by atoms with E-state index in [1.807, 2.05) is 13.8 Å². The molecule has 1 saturated carbocycles. The molecule has 0 aliphatic heterocycles. The monoisotopic (exact) mass is 368 g/mol. The average Bonchev–Trinajstić information content (AvgIpc) is 2.90. The molecule has 1 rings (SSSR count). The van der Waals surface area contributed by atoms with Crippen molar-refractivity contribution in [3.05, 3.63) is 0 Å². The van der Waals surface area contributed by atoms with Gasteiger partial charge in [-0.15, -0.1) is 0 Å². The van der Waals surface area contributed by atoms with Gasteiger partial charge in [-0.25, -0.2) is 0 Å². The molecule has 0 aromatic carbocycles. The second kappa shape index (κ2) is 7.45. The number of carbonyl (C=O) groups is 1. The van der Waals surface area contributed by atoms with Crippen LogP contribution in [0.2, 0.25) is 0 Å². The summed E-state index contributed by atoms with van der Waals surface area (Å²) in [7, 11) is 0. The minimum absolute atomic E-state index is 0.00701. The number of ether oxygens (including phenoxy) is 2. The molecule has 0 N–H and O–H groups in total. The van der Waals surface area contributed by atoms with Crippen LogP contribution < -0.4 is 0 Å². The topological polar surface area (TPSA) is 35.5 Å². The molecule has 2 atom stereocenters. The zero-order valence-corrected chi connectivity index (χ0v) is 19.3. The zero-order valence-electron chi connectivity index (χ0n) is 19.3. The van der Waals surface area contributed by atoms with E-state index < -0.39 is 5.60 Å². The smallest absolute Gasteiger partial charge is 0.313 e. The van der Waals surface area contributed by atoms with Gasteiger partial charge < -0.3 is 9.47 Å². The molecule has 0 spiro atoms. The van der Waals surface area contributed by atoms with Gasteiger partial charge in [0, 0.05) is 6.42 Å². The van der Waals surface area contributed by atoms with Gasteiger partial charge in [0.25, 0.3) is 0 Å². The summed E-state index contributed by atoms with van der Waals surface area (Å²) in [6.45, 7) is 24.3. The summed E-state index contributed by atoms with van der Waals surface area (Å²) in [6.07, 6.45) is 3.56. The maximum atomic E-state index is 13.3. The largest absolute Gasteiger partial charge is 0.459 e. The van der Waals surface area contributed by atoms with Crippen LogP contribution >= 0.6 is 0 Å². The third kappa shape index (κ3) is 4.82. The van der Waals surface area contributed by atoms with Gasteiger partial charge in [-0.05, 0) is 56.8 Å². The summed E-state index contributed by atoms with van der Waals surface area (Å²) >= 11 is 0. The van der Waals surface area contributed by atoms with Crippen LogP contribution in [-0.4, -0.2) is 23.8 Å². The van der Waals surface area contributed by atoms with Crippen molar-refractivity contribution in [1.82, 2.24) is 0 Å². The normalized spacial score (nSPS) is 25.9. The van der Waals surface area contributed by atoms with Gasteiger partial charge in [0.1, 0.15) is 5.60 Å². The lowest BCUT2D eigenvalue weighted by atomic mass is 9.78. The SMILES string of the molecule is CCC(C)(CC)OCCC(C)(C)OC(=O)C1(CC(C)(C)C)[C@H](C)C1(C)C. The van der Waals surface area contributed by atoms with Gasteiger partial charge in [-0.2, -0.15) is 0 Å². The first kappa shape index (κ1) is 23.5. The van der Waals surface area contributed by atoms with Gasteiger partial charge in [-0.1, -0.05) is 55.4 Å². The van der Waals surface area contributed by atoms with Gasteiger partial charge in [0.2, 0.25) is 0 Å². The lowest BCUT2D eigenvalue weighted by Crippen LogP contribution is -2.38. The minimum Gasteiger partial charge on any atom is -0.459 e. The van der Waals surface area contributed by atoms with E-state index in [4.69, 9.17) is 9.47 Å². The molecule has 0 bridgehead atoms. The molecule has 3 nitrogen and oxygen atoms in total. The van der Waals surface area contributed by atoms with E-state index in [-0.39, 0.29) is 27.8 Å². The van der Waals surface area contributed by atoms with Crippen molar-refractivity contribution in [2.24, 2.45) is 22.2 Å². The predicted octanol–water partition coefficient (Wildman–Crippen LogP) is 6.39. The van der Waals surface area contributed by atoms with Crippen LogP contribution in [0.4, 0.5) is 0 Å². The first-order chi connectivity index (χ1) is 11.6. The molecule has 0 radical (unpaired) electrons. The highest BCUT2D eigenvalue weighted by molar-refractivity contribution is 5.83. The Morgan fingerprint density at radius 2 is 1.46 bits per heavy atom. The summed E-state index contributed by atoms with van der Waals surface area (Å²) in [5.41, 5.74) is -0.876. The molecule has 26 heavy (non-hydrogen) atoms. The zero-order chi connectivity index (χ0) is 20.6. The van der Waals surface area contributed by atoms with Crippen LogP contribution in [-0.2, 0) is 14.3 Å². The van der Waals surface area contributed by atoms with Crippen LogP contribution in [0.5, 0.6) is 0 Å². The molecule has 1 aliphatic rings. The third-order valence-corrected chi connectivity index (χ3v) is 7.08. The third-order valence-electron chi connectivity index (χ3n) is 7.08. The highest BCUT2D eigenvalue weighted by atomic mass is 16.6. The van der Waals surface area contributed by atoms with Crippen LogP contribution in [0.3, 0.4) is 0 Å². The Labute approximate surface area is 162 Å². The predicted molar refractivity (Wildman–Crippen MR) is 109 cm³/mol. The molecule has 0 aromatic heterocycles. The maximum Gasteiger partial charge on any atom is 0.313 e. The highest BCUT2D eigenvalue weighted by Gasteiger charge is 2.74. The van der Waals surface area contributed by atoms with Crippen molar-refractivity contribution in [2.45, 2.75) is 113 Å². The number of rotatable bonds is 9. The van der Waals surface area contributed by atoms with Crippen LogP contribution in [0, 0.1) is 22.2 Å². The fraction of sp³-hybridized carbons (Fsp3) is 0.957. The number of carbonyl (C=O) groups excluding carboxylic acids is 1. The van der Waals surface area contributed by atoms with E-state index in [0.29, 0.717) is 12.5 Å². The molecule has 3 heteroatoms. The maximum absolute atomic E-state index is 13.3. The lowest BCUT2D eigenvalue weighted by molar-refractivity contribution is -0.169. The second-order valence-corrected chi connectivity index (χ2v) is 11.1. The van der Waals surface area contributed by atoms with Gasteiger partial charge in [0.15, 0.2) is 0 Å². The molecule has 1 aliphatic carbocycles. The number of hydrogen-bond donors (Lipinski definition) is 0. The Kier molecular flexibility index (Phi) is 6.72. The first-order valence-electron chi connectivity index (χ1n) is 10.4. The number of hydrogen-bond acceptors (Lipinski definition) is 3. The molecular weight excluding hydrogens is 324 g/mol.